The van der Waals surface area contributed by atoms with E-state index < -0.39 is 15.3 Å². The van der Waals surface area contributed by atoms with E-state index in [0.29, 0.717) is 0 Å². The Balaban J connectivity index is 2.35. The van der Waals surface area contributed by atoms with Gasteiger partial charge in [0.15, 0.2) is 0 Å². The van der Waals surface area contributed by atoms with Gasteiger partial charge in [0, 0.05) is 5.25 Å². The van der Waals surface area contributed by atoms with E-state index in [1.165, 1.54) is 5.57 Å². The Hall–Kier alpha value is -1.79. The fraction of sp³-hybridized carbons (Fsp3) is 0.294. The Morgan fingerprint density at radius 1 is 1.15 bits per heavy atom. The van der Waals surface area contributed by atoms with Crippen molar-refractivity contribution in [2.75, 3.05) is 0 Å². The topological polar surface area (TPSA) is 34.1 Å². The van der Waals surface area contributed by atoms with Crippen LogP contribution in [-0.2, 0) is 9.84 Å². The molecule has 2 nitrogen and oxygen atoms in total. The van der Waals surface area contributed by atoms with Gasteiger partial charge in [-0.3, -0.25) is 0 Å². The normalized spacial score (nSPS) is 22.4. The van der Waals surface area contributed by atoms with Crippen molar-refractivity contribution in [1.82, 2.24) is 0 Å². The molecule has 0 spiro atoms. The predicted octanol–water partition coefficient (Wildman–Crippen LogP) is 3.72. The van der Waals surface area contributed by atoms with Gasteiger partial charge < -0.3 is 0 Å². The Kier molecular flexibility index (Phi) is 3.87. The highest BCUT2D eigenvalue weighted by Crippen LogP contribution is 2.33. The highest BCUT2D eigenvalue weighted by atomic mass is 32.2. The first kappa shape index (κ1) is 14.6. The van der Waals surface area contributed by atoms with Crippen LogP contribution in [0.4, 0.5) is 0 Å². The summed E-state index contributed by atoms with van der Waals surface area (Å²) >= 11 is 0. The average molecular weight is 286 g/mol. The number of rotatable bonds is 1. The number of hydrogen-bond donors (Lipinski definition) is 0. The molecule has 0 saturated heterocycles. The number of sulfone groups is 1. The Bertz CT molecular complexity index is 728. The molecule has 0 radical (unpaired) electrons. The fourth-order valence-corrected chi connectivity index (χ4v) is 3.54. The summed E-state index contributed by atoms with van der Waals surface area (Å²) < 4.78 is 24.3. The van der Waals surface area contributed by atoms with E-state index in [4.69, 9.17) is 0 Å². The molecule has 0 saturated carbocycles. The highest BCUT2D eigenvalue weighted by molar-refractivity contribution is 7.96. The van der Waals surface area contributed by atoms with Crippen LogP contribution in [0.15, 0.2) is 58.5 Å². The van der Waals surface area contributed by atoms with Crippen molar-refractivity contribution in [3.05, 3.63) is 53.6 Å². The zero-order valence-electron chi connectivity index (χ0n) is 12.0. The van der Waals surface area contributed by atoms with Crippen LogP contribution < -0.4 is 0 Å². The minimum Gasteiger partial charge on any atom is -0.210 e. The molecule has 104 valence electrons. The number of allylic oxidation sites excluding steroid dienone is 4. The number of hydrogen-bond acceptors (Lipinski definition) is 2. The molecule has 0 aromatic heterocycles. The SMILES string of the molecule is CC1=CC(C)(C#CS(=O)(=O)c2ccccc2)CC(C)=C1. The second-order valence-corrected chi connectivity index (χ2v) is 7.20. The van der Waals surface area contributed by atoms with Crippen LogP contribution in [0.1, 0.15) is 27.2 Å². The fourth-order valence-electron chi connectivity index (χ4n) is 2.54. The lowest BCUT2D eigenvalue weighted by Crippen LogP contribution is -2.15. The summed E-state index contributed by atoms with van der Waals surface area (Å²) in [6, 6.07) is 8.33. The van der Waals surface area contributed by atoms with Gasteiger partial charge in [-0.25, -0.2) is 8.42 Å². The Morgan fingerprint density at radius 3 is 2.40 bits per heavy atom. The molecule has 0 N–H and O–H groups in total. The van der Waals surface area contributed by atoms with Crippen molar-refractivity contribution in [3.8, 4) is 11.2 Å². The molecular formula is C17H18O2S. The van der Waals surface area contributed by atoms with Gasteiger partial charge >= 0.3 is 0 Å². The zero-order chi connectivity index (χ0) is 14.8. The van der Waals surface area contributed by atoms with Crippen LogP contribution in [-0.4, -0.2) is 8.42 Å². The third kappa shape index (κ3) is 3.40. The molecule has 1 aliphatic rings. The van der Waals surface area contributed by atoms with Crippen molar-refractivity contribution in [2.45, 2.75) is 32.1 Å². The zero-order valence-corrected chi connectivity index (χ0v) is 12.8. The molecule has 1 atom stereocenters. The lowest BCUT2D eigenvalue weighted by molar-refractivity contribution is 0.557. The van der Waals surface area contributed by atoms with Crippen LogP contribution in [0.2, 0.25) is 0 Å². The summed E-state index contributed by atoms with van der Waals surface area (Å²) in [4.78, 5) is 0.250. The minimum absolute atomic E-state index is 0.250. The summed E-state index contributed by atoms with van der Waals surface area (Å²) in [6.45, 7) is 6.02. The summed E-state index contributed by atoms with van der Waals surface area (Å²) in [5, 5.41) is 2.48. The quantitative estimate of drug-likeness (QED) is 0.582. The molecule has 1 aliphatic carbocycles. The molecule has 0 amide bonds. The molecular weight excluding hydrogens is 268 g/mol. The summed E-state index contributed by atoms with van der Waals surface area (Å²) in [5.41, 5.74) is 1.94. The molecule has 1 aromatic rings. The first-order valence-corrected chi connectivity index (χ1v) is 8.00. The molecule has 0 fully saturated rings. The van der Waals surface area contributed by atoms with Crippen LogP contribution in [0, 0.1) is 16.6 Å². The van der Waals surface area contributed by atoms with Gasteiger partial charge in [0.25, 0.3) is 0 Å². The smallest absolute Gasteiger partial charge is 0.210 e. The maximum absolute atomic E-state index is 12.2. The van der Waals surface area contributed by atoms with E-state index in [1.54, 1.807) is 30.3 Å². The molecule has 0 heterocycles. The molecule has 3 heteroatoms. The van der Waals surface area contributed by atoms with Gasteiger partial charge in [-0.2, -0.15) is 0 Å². The van der Waals surface area contributed by atoms with Crippen LogP contribution in [0.3, 0.4) is 0 Å². The van der Waals surface area contributed by atoms with Crippen molar-refractivity contribution < 1.29 is 8.42 Å². The van der Waals surface area contributed by atoms with E-state index in [1.807, 2.05) is 26.8 Å². The second-order valence-electron chi connectivity index (χ2n) is 5.52. The minimum atomic E-state index is -3.54. The standard InChI is InChI=1S/C17H18O2S/c1-14-11-15(2)13-17(3,12-14)9-10-20(18,19)16-7-5-4-6-8-16/h4-8,11-12H,13H2,1-3H3. The molecule has 1 unspecified atom stereocenters. The lowest BCUT2D eigenvalue weighted by atomic mass is 9.79. The summed E-state index contributed by atoms with van der Waals surface area (Å²) in [5.74, 6) is 2.94. The van der Waals surface area contributed by atoms with Crippen molar-refractivity contribution in [3.63, 3.8) is 0 Å². The van der Waals surface area contributed by atoms with Crippen molar-refractivity contribution in [2.24, 2.45) is 5.41 Å². The maximum atomic E-state index is 12.2. The van der Waals surface area contributed by atoms with Gasteiger partial charge in [0.1, 0.15) is 0 Å². The van der Waals surface area contributed by atoms with Crippen molar-refractivity contribution >= 4 is 9.84 Å². The third-order valence-electron chi connectivity index (χ3n) is 3.19. The summed E-state index contributed by atoms with van der Waals surface area (Å²) in [7, 11) is -3.54. The van der Waals surface area contributed by atoms with Crippen LogP contribution in [0.25, 0.3) is 0 Å². The van der Waals surface area contributed by atoms with E-state index in [-0.39, 0.29) is 4.90 Å². The van der Waals surface area contributed by atoms with Gasteiger partial charge in [-0.05, 0) is 39.3 Å². The van der Waals surface area contributed by atoms with Gasteiger partial charge in [0.2, 0.25) is 9.84 Å². The van der Waals surface area contributed by atoms with Crippen LogP contribution in [0.5, 0.6) is 0 Å². The molecule has 20 heavy (non-hydrogen) atoms. The molecule has 0 aliphatic heterocycles. The van der Waals surface area contributed by atoms with E-state index in [2.05, 4.69) is 17.2 Å². The third-order valence-corrected chi connectivity index (χ3v) is 4.45. The molecule has 0 bridgehead atoms. The average Bonchev–Trinajstić information content (AvgIpc) is 2.36. The van der Waals surface area contributed by atoms with Crippen LogP contribution >= 0.6 is 0 Å². The summed E-state index contributed by atoms with van der Waals surface area (Å²) in [6.07, 6.45) is 4.91. The Morgan fingerprint density at radius 2 is 1.80 bits per heavy atom. The first-order chi connectivity index (χ1) is 9.31. The van der Waals surface area contributed by atoms with E-state index >= 15 is 0 Å². The van der Waals surface area contributed by atoms with Gasteiger partial charge in [0.05, 0.1) is 10.3 Å². The number of benzene rings is 1. The van der Waals surface area contributed by atoms with Gasteiger partial charge in [-0.15, -0.1) is 0 Å². The first-order valence-electron chi connectivity index (χ1n) is 6.51. The Labute approximate surface area is 121 Å². The molecule has 1 aromatic carbocycles. The second kappa shape index (κ2) is 5.30. The predicted molar refractivity (Wildman–Crippen MR) is 81.6 cm³/mol. The van der Waals surface area contributed by atoms with Crippen molar-refractivity contribution in [1.29, 1.82) is 0 Å². The van der Waals surface area contributed by atoms with Gasteiger partial charge in [-0.1, -0.05) is 47.4 Å². The van der Waals surface area contributed by atoms with E-state index in [0.717, 1.165) is 12.0 Å². The lowest BCUT2D eigenvalue weighted by Gasteiger charge is -2.24. The van der Waals surface area contributed by atoms with E-state index in [9.17, 15) is 8.42 Å². The largest absolute Gasteiger partial charge is 0.245 e. The maximum Gasteiger partial charge on any atom is 0.245 e. The monoisotopic (exact) mass is 286 g/mol. The molecule has 2 rings (SSSR count). The highest BCUT2D eigenvalue weighted by Gasteiger charge is 2.23.